The zero-order chi connectivity index (χ0) is 17.2. The standard InChI is InChI=1S/C19H20N2O3S/c22-18(20-14-9-11-24-16-7-2-1-5-13(14)16)15-6-3-10-21(15)19(23)17-8-4-12-25-17/h1-2,4-5,7-8,12,14-15H,3,6,9-11H2,(H,20,22). The second kappa shape index (κ2) is 6.88. The molecule has 2 aromatic rings. The fraction of sp³-hybridized carbons (Fsp3) is 0.368. The first-order valence-corrected chi connectivity index (χ1v) is 9.48. The Balaban J connectivity index is 1.49. The van der Waals surface area contributed by atoms with E-state index in [-0.39, 0.29) is 23.9 Å². The van der Waals surface area contributed by atoms with Gasteiger partial charge in [-0.15, -0.1) is 11.3 Å². The van der Waals surface area contributed by atoms with Crippen LogP contribution in [0, 0.1) is 0 Å². The topological polar surface area (TPSA) is 58.6 Å². The highest BCUT2D eigenvalue weighted by Crippen LogP contribution is 2.32. The fourth-order valence-electron chi connectivity index (χ4n) is 3.58. The first-order chi connectivity index (χ1) is 12.2. The second-order valence-corrected chi connectivity index (χ2v) is 7.32. The van der Waals surface area contributed by atoms with E-state index in [1.807, 2.05) is 41.8 Å². The Kier molecular flexibility index (Phi) is 4.44. The molecule has 5 nitrogen and oxygen atoms in total. The van der Waals surface area contributed by atoms with E-state index in [0.29, 0.717) is 24.4 Å². The van der Waals surface area contributed by atoms with Gasteiger partial charge in [-0.3, -0.25) is 9.59 Å². The number of para-hydroxylation sites is 1. The molecule has 0 bridgehead atoms. The van der Waals surface area contributed by atoms with Crippen LogP contribution in [-0.2, 0) is 4.79 Å². The number of nitrogens with zero attached hydrogens (tertiary/aromatic N) is 1. The van der Waals surface area contributed by atoms with Crippen LogP contribution >= 0.6 is 11.3 Å². The molecule has 1 N–H and O–H groups in total. The van der Waals surface area contributed by atoms with Gasteiger partial charge in [0.05, 0.1) is 17.5 Å². The molecule has 2 atom stereocenters. The number of nitrogens with one attached hydrogen (secondary N) is 1. The van der Waals surface area contributed by atoms with Crippen molar-refractivity contribution < 1.29 is 14.3 Å². The molecule has 4 rings (SSSR count). The van der Waals surface area contributed by atoms with Crippen molar-refractivity contribution in [3.63, 3.8) is 0 Å². The molecule has 0 spiro atoms. The van der Waals surface area contributed by atoms with E-state index < -0.39 is 0 Å². The quantitative estimate of drug-likeness (QED) is 0.920. The first kappa shape index (κ1) is 16.1. The summed E-state index contributed by atoms with van der Waals surface area (Å²) in [6.07, 6.45) is 2.32. The molecule has 0 radical (unpaired) electrons. The highest BCUT2D eigenvalue weighted by Gasteiger charge is 2.36. The van der Waals surface area contributed by atoms with E-state index >= 15 is 0 Å². The SMILES string of the molecule is O=C(NC1CCOc2ccccc21)C1CCCN1C(=O)c1cccs1. The summed E-state index contributed by atoms with van der Waals surface area (Å²) in [5, 5.41) is 5.02. The van der Waals surface area contributed by atoms with Crippen molar-refractivity contribution in [1.82, 2.24) is 10.2 Å². The number of rotatable bonds is 3. The summed E-state index contributed by atoms with van der Waals surface area (Å²) in [5.74, 6) is 0.723. The number of hydrogen-bond acceptors (Lipinski definition) is 4. The van der Waals surface area contributed by atoms with Gasteiger partial charge in [0.1, 0.15) is 11.8 Å². The van der Waals surface area contributed by atoms with Crippen LogP contribution in [0.5, 0.6) is 5.75 Å². The Morgan fingerprint density at radius 1 is 1.16 bits per heavy atom. The number of ether oxygens (including phenoxy) is 1. The third-order valence-corrected chi connectivity index (χ3v) is 5.68. The smallest absolute Gasteiger partial charge is 0.264 e. The molecule has 0 aliphatic carbocycles. The molecule has 3 heterocycles. The van der Waals surface area contributed by atoms with Crippen LogP contribution in [0.4, 0.5) is 0 Å². The van der Waals surface area contributed by atoms with Crippen LogP contribution in [0.3, 0.4) is 0 Å². The molecule has 0 saturated carbocycles. The predicted octanol–water partition coefficient (Wildman–Crippen LogP) is 2.99. The van der Waals surface area contributed by atoms with Crippen LogP contribution in [0.1, 0.15) is 40.5 Å². The molecule has 2 aliphatic rings. The molecule has 6 heteroatoms. The van der Waals surface area contributed by atoms with Gasteiger partial charge in [0.15, 0.2) is 0 Å². The van der Waals surface area contributed by atoms with Crippen molar-refractivity contribution in [2.75, 3.05) is 13.2 Å². The zero-order valence-electron chi connectivity index (χ0n) is 13.8. The molecule has 130 valence electrons. The van der Waals surface area contributed by atoms with Gasteiger partial charge in [-0.25, -0.2) is 0 Å². The van der Waals surface area contributed by atoms with Gasteiger partial charge in [-0.2, -0.15) is 0 Å². The Morgan fingerprint density at radius 2 is 2.04 bits per heavy atom. The molecule has 2 amide bonds. The van der Waals surface area contributed by atoms with Crippen LogP contribution in [0.2, 0.25) is 0 Å². The maximum atomic E-state index is 12.9. The number of fused-ring (bicyclic) bond motifs is 1. The maximum Gasteiger partial charge on any atom is 0.264 e. The lowest BCUT2D eigenvalue weighted by Crippen LogP contribution is -2.47. The first-order valence-electron chi connectivity index (χ1n) is 8.60. The zero-order valence-corrected chi connectivity index (χ0v) is 14.6. The average molecular weight is 356 g/mol. The van der Waals surface area contributed by atoms with Gasteiger partial charge in [0.2, 0.25) is 5.91 Å². The van der Waals surface area contributed by atoms with Gasteiger partial charge in [0, 0.05) is 18.5 Å². The Labute approximate surface area is 150 Å². The third kappa shape index (κ3) is 3.14. The normalized spacial score (nSPS) is 22.2. The van der Waals surface area contributed by atoms with Crippen molar-refractivity contribution >= 4 is 23.2 Å². The maximum absolute atomic E-state index is 12.9. The Morgan fingerprint density at radius 3 is 2.88 bits per heavy atom. The van der Waals surface area contributed by atoms with Crippen molar-refractivity contribution in [2.45, 2.75) is 31.3 Å². The summed E-state index contributed by atoms with van der Waals surface area (Å²) in [6, 6.07) is 11.0. The summed E-state index contributed by atoms with van der Waals surface area (Å²) in [5.41, 5.74) is 1.01. The molecule has 1 aromatic heterocycles. The summed E-state index contributed by atoms with van der Waals surface area (Å²) in [7, 11) is 0. The van der Waals surface area contributed by atoms with E-state index in [1.54, 1.807) is 4.90 Å². The van der Waals surface area contributed by atoms with Crippen molar-refractivity contribution in [3.8, 4) is 5.75 Å². The van der Waals surface area contributed by atoms with Crippen molar-refractivity contribution in [3.05, 3.63) is 52.2 Å². The molecular formula is C19H20N2O3S. The number of carbonyl (C=O) groups is 2. The summed E-state index contributed by atoms with van der Waals surface area (Å²) in [6.45, 7) is 1.23. The minimum absolute atomic E-state index is 0.0416. The minimum atomic E-state index is -0.385. The van der Waals surface area contributed by atoms with E-state index in [0.717, 1.165) is 24.2 Å². The molecular weight excluding hydrogens is 336 g/mol. The average Bonchev–Trinajstić information content (AvgIpc) is 3.33. The summed E-state index contributed by atoms with van der Waals surface area (Å²) in [4.78, 5) is 27.9. The second-order valence-electron chi connectivity index (χ2n) is 6.37. The molecule has 2 aliphatic heterocycles. The number of likely N-dealkylation sites (tertiary alicyclic amines) is 1. The number of amides is 2. The lowest BCUT2D eigenvalue weighted by molar-refractivity contribution is -0.125. The highest BCUT2D eigenvalue weighted by molar-refractivity contribution is 7.12. The van der Waals surface area contributed by atoms with E-state index in [2.05, 4.69) is 5.32 Å². The lowest BCUT2D eigenvalue weighted by atomic mass is 10.00. The van der Waals surface area contributed by atoms with Crippen LogP contribution in [0.15, 0.2) is 41.8 Å². The minimum Gasteiger partial charge on any atom is -0.493 e. The molecule has 25 heavy (non-hydrogen) atoms. The monoisotopic (exact) mass is 356 g/mol. The number of benzene rings is 1. The van der Waals surface area contributed by atoms with Gasteiger partial charge < -0.3 is 15.0 Å². The van der Waals surface area contributed by atoms with Crippen molar-refractivity contribution in [1.29, 1.82) is 0 Å². The van der Waals surface area contributed by atoms with E-state index in [4.69, 9.17) is 4.74 Å². The van der Waals surface area contributed by atoms with Crippen LogP contribution in [0.25, 0.3) is 0 Å². The number of hydrogen-bond donors (Lipinski definition) is 1. The predicted molar refractivity (Wildman–Crippen MR) is 95.8 cm³/mol. The van der Waals surface area contributed by atoms with Gasteiger partial charge in [-0.05, 0) is 30.4 Å². The van der Waals surface area contributed by atoms with Crippen molar-refractivity contribution in [2.24, 2.45) is 0 Å². The lowest BCUT2D eigenvalue weighted by Gasteiger charge is -2.29. The van der Waals surface area contributed by atoms with Crippen LogP contribution in [-0.4, -0.2) is 35.9 Å². The third-order valence-electron chi connectivity index (χ3n) is 4.82. The fourth-order valence-corrected chi connectivity index (χ4v) is 4.26. The number of carbonyl (C=O) groups excluding carboxylic acids is 2. The van der Waals surface area contributed by atoms with Gasteiger partial charge in [0.25, 0.3) is 5.91 Å². The molecule has 2 unspecified atom stereocenters. The molecule has 1 saturated heterocycles. The Bertz CT molecular complexity index is 775. The van der Waals surface area contributed by atoms with E-state index in [1.165, 1.54) is 11.3 Å². The molecule has 1 aromatic carbocycles. The summed E-state index contributed by atoms with van der Waals surface area (Å²) >= 11 is 1.42. The highest BCUT2D eigenvalue weighted by atomic mass is 32.1. The summed E-state index contributed by atoms with van der Waals surface area (Å²) < 4.78 is 5.65. The Hall–Kier alpha value is -2.34. The van der Waals surface area contributed by atoms with Crippen LogP contribution < -0.4 is 10.1 Å². The van der Waals surface area contributed by atoms with E-state index in [9.17, 15) is 9.59 Å². The largest absolute Gasteiger partial charge is 0.493 e. The molecule has 1 fully saturated rings. The van der Waals surface area contributed by atoms with Gasteiger partial charge in [-0.1, -0.05) is 24.3 Å². The number of thiophene rings is 1. The van der Waals surface area contributed by atoms with Gasteiger partial charge >= 0.3 is 0 Å².